The Hall–Kier alpha value is -2.58. The molecule has 2 aromatic rings. The van der Waals surface area contributed by atoms with E-state index in [1.807, 2.05) is 30.3 Å². The van der Waals surface area contributed by atoms with Crippen molar-refractivity contribution in [3.05, 3.63) is 71.5 Å². The minimum Gasteiger partial charge on any atom is -0.272 e. The van der Waals surface area contributed by atoms with Crippen molar-refractivity contribution in [2.24, 2.45) is 5.10 Å². The zero-order valence-electron chi connectivity index (χ0n) is 14.3. The van der Waals surface area contributed by atoms with Gasteiger partial charge in [-0.05, 0) is 29.7 Å². The van der Waals surface area contributed by atoms with Crippen molar-refractivity contribution in [1.29, 1.82) is 0 Å². The summed E-state index contributed by atoms with van der Waals surface area (Å²) in [5.74, 6) is -0.921. The molecular weight excluding hydrogens is 357 g/mol. The summed E-state index contributed by atoms with van der Waals surface area (Å²) in [6.45, 7) is -0.135. The molecule has 2 aromatic carbocycles. The van der Waals surface area contributed by atoms with Gasteiger partial charge in [0.15, 0.2) is 0 Å². The topological polar surface area (TPSA) is 78.8 Å². The van der Waals surface area contributed by atoms with E-state index in [0.29, 0.717) is 12.0 Å². The summed E-state index contributed by atoms with van der Waals surface area (Å²) in [6, 6.07) is 15.0. The van der Waals surface area contributed by atoms with E-state index in [1.54, 1.807) is 0 Å². The first-order chi connectivity index (χ1) is 12.3. The molecule has 6 nitrogen and oxygen atoms in total. The number of carbonyl (C=O) groups excluding carboxylic acids is 1. The number of benzene rings is 2. The Labute approximate surface area is 152 Å². The van der Waals surface area contributed by atoms with Crippen molar-refractivity contribution in [2.45, 2.75) is 6.42 Å². The highest BCUT2D eigenvalue weighted by atomic mass is 32.2. The van der Waals surface area contributed by atoms with Crippen LogP contribution < -0.4 is 5.43 Å². The lowest BCUT2D eigenvalue weighted by atomic mass is 10.1. The van der Waals surface area contributed by atoms with Crippen LogP contribution in [0, 0.1) is 5.82 Å². The van der Waals surface area contributed by atoms with Crippen molar-refractivity contribution >= 4 is 22.1 Å². The SMILES string of the molecule is CS(=O)(=O)N(CCc1ccccc1)CC(=O)NN=Cc1ccc(F)cc1. The minimum absolute atomic E-state index is 0.192. The lowest BCUT2D eigenvalue weighted by molar-refractivity contribution is -0.121. The lowest BCUT2D eigenvalue weighted by Crippen LogP contribution is -2.40. The van der Waals surface area contributed by atoms with Crippen LogP contribution in [0.15, 0.2) is 59.7 Å². The molecule has 1 amide bonds. The number of nitrogens with zero attached hydrogens (tertiary/aromatic N) is 2. The number of hydrogen-bond donors (Lipinski definition) is 1. The van der Waals surface area contributed by atoms with Gasteiger partial charge in [-0.15, -0.1) is 0 Å². The number of sulfonamides is 1. The molecule has 0 unspecified atom stereocenters. The first-order valence-electron chi connectivity index (χ1n) is 7.91. The smallest absolute Gasteiger partial charge is 0.255 e. The van der Waals surface area contributed by atoms with Gasteiger partial charge in [0.2, 0.25) is 10.0 Å². The molecule has 0 spiro atoms. The molecule has 0 saturated heterocycles. The van der Waals surface area contributed by atoms with Crippen molar-refractivity contribution < 1.29 is 17.6 Å². The molecule has 0 saturated carbocycles. The highest BCUT2D eigenvalue weighted by Gasteiger charge is 2.19. The second-order valence-electron chi connectivity index (χ2n) is 5.68. The average molecular weight is 377 g/mol. The highest BCUT2D eigenvalue weighted by molar-refractivity contribution is 7.88. The van der Waals surface area contributed by atoms with E-state index in [0.717, 1.165) is 16.1 Å². The van der Waals surface area contributed by atoms with Crippen LogP contribution in [0.2, 0.25) is 0 Å². The van der Waals surface area contributed by atoms with Crippen LogP contribution in [0.3, 0.4) is 0 Å². The summed E-state index contributed by atoms with van der Waals surface area (Å²) in [7, 11) is -3.53. The van der Waals surface area contributed by atoms with Crippen LogP contribution >= 0.6 is 0 Å². The Bertz CT molecular complexity index is 853. The van der Waals surface area contributed by atoms with Gasteiger partial charge >= 0.3 is 0 Å². The minimum atomic E-state index is -3.53. The maximum absolute atomic E-state index is 12.8. The molecule has 0 bridgehead atoms. The Balaban J connectivity index is 1.90. The predicted molar refractivity (Wildman–Crippen MR) is 98.7 cm³/mol. The Kier molecular flexibility index (Phi) is 6.99. The fourth-order valence-corrected chi connectivity index (χ4v) is 2.96. The van der Waals surface area contributed by atoms with Gasteiger partial charge in [0.05, 0.1) is 19.0 Å². The van der Waals surface area contributed by atoms with E-state index in [2.05, 4.69) is 10.5 Å². The van der Waals surface area contributed by atoms with Crippen LogP contribution in [0.1, 0.15) is 11.1 Å². The maximum Gasteiger partial charge on any atom is 0.255 e. The normalized spacial score (nSPS) is 11.8. The van der Waals surface area contributed by atoms with Crippen LogP contribution in [-0.2, 0) is 21.2 Å². The van der Waals surface area contributed by atoms with E-state index in [1.165, 1.54) is 30.5 Å². The van der Waals surface area contributed by atoms with Gasteiger partial charge in [0.25, 0.3) is 5.91 Å². The first kappa shape index (κ1) is 19.7. The molecule has 0 radical (unpaired) electrons. The standard InChI is InChI=1S/C18H20FN3O3S/c1-26(24,25)22(12-11-15-5-3-2-4-6-15)14-18(23)21-20-13-16-7-9-17(19)10-8-16/h2-10,13H,11-12,14H2,1H3,(H,21,23). The largest absolute Gasteiger partial charge is 0.272 e. The van der Waals surface area contributed by atoms with E-state index in [-0.39, 0.29) is 18.9 Å². The van der Waals surface area contributed by atoms with Crippen LogP contribution in [0.5, 0.6) is 0 Å². The number of amides is 1. The number of hydrazone groups is 1. The van der Waals surface area contributed by atoms with Gasteiger partial charge in [-0.1, -0.05) is 42.5 Å². The summed E-state index contributed by atoms with van der Waals surface area (Å²) in [5, 5.41) is 3.76. The van der Waals surface area contributed by atoms with Crippen molar-refractivity contribution in [3.8, 4) is 0 Å². The van der Waals surface area contributed by atoms with Crippen molar-refractivity contribution in [2.75, 3.05) is 19.3 Å². The van der Waals surface area contributed by atoms with Crippen LogP contribution in [0.4, 0.5) is 4.39 Å². The van der Waals surface area contributed by atoms with Crippen molar-refractivity contribution in [1.82, 2.24) is 9.73 Å². The molecule has 0 aliphatic carbocycles. The summed E-state index contributed by atoms with van der Waals surface area (Å²) < 4.78 is 37.7. The van der Waals surface area contributed by atoms with Gasteiger partial charge in [-0.3, -0.25) is 4.79 Å². The van der Waals surface area contributed by atoms with Gasteiger partial charge in [-0.25, -0.2) is 18.2 Å². The number of nitrogens with one attached hydrogen (secondary N) is 1. The summed E-state index contributed by atoms with van der Waals surface area (Å²) in [4.78, 5) is 12.0. The molecule has 26 heavy (non-hydrogen) atoms. The van der Waals surface area contributed by atoms with Gasteiger partial charge in [-0.2, -0.15) is 9.41 Å². The zero-order valence-corrected chi connectivity index (χ0v) is 15.1. The highest BCUT2D eigenvalue weighted by Crippen LogP contribution is 2.05. The van der Waals surface area contributed by atoms with Gasteiger partial charge in [0, 0.05) is 6.54 Å². The third-order valence-electron chi connectivity index (χ3n) is 3.55. The third kappa shape index (κ3) is 6.73. The third-order valence-corrected chi connectivity index (χ3v) is 4.80. The number of carbonyl (C=O) groups is 1. The Morgan fingerprint density at radius 3 is 2.42 bits per heavy atom. The molecule has 0 aromatic heterocycles. The Morgan fingerprint density at radius 1 is 1.15 bits per heavy atom. The van der Waals surface area contributed by atoms with E-state index < -0.39 is 15.9 Å². The molecule has 0 aliphatic rings. The molecule has 8 heteroatoms. The number of halogens is 1. The molecule has 1 N–H and O–H groups in total. The summed E-state index contributed by atoms with van der Waals surface area (Å²) in [6.07, 6.45) is 2.92. The summed E-state index contributed by atoms with van der Waals surface area (Å²) >= 11 is 0. The fourth-order valence-electron chi connectivity index (χ4n) is 2.18. The monoisotopic (exact) mass is 377 g/mol. The fraction of sp³-hybridized carbons (Fsp3) is 0.222. The molecule has 0 atom stereocenters. The second kappa shape index (κ2) is 9.21. The zero-order chi connectivity index (χ0) is 19.0. The number of rotatable bonds is 8. The molecule has 0 heterocycles. The van der Waals surface area contributed by atoms with E-state index >= 15 is 0 Å². The van der Waals surface area contributed by atoms with Crippen LogP contribution in [0.25, 0.3) is 0 Å². The molecule has 0 fully saturated rings. The molecule has 2 rings (SSSR count). The van der Waals surface area contributed by atoms with E-state index in [9.17, 15) is 17.6 Å². The molecule has 0 aliphatic heterocycles. The molecular formula is C18H20FN3O3S. The van der Waals surface area contributed by atoms with Gasteiger partial charge in [0.1, 0.15) is 5.82 Å². The Morgan fingerprint density at radius 2 is 1.81 bits per heavy atom. The number of hydrogen-bond acceptors (Lipinski definition) is 4. The predicted octanol–water partition coefficient (Wildman–Crippen LogP) is 1.78. The van der Waals surface area contributed by atoms with Crippen molar-refractivity contribution in [3.63, 3.8) is 0 Å². The van der Waals surface area contributed by atoms with E-state index in [4.69, 9.17) is 0 Å². The second-order valence-corrected chi connectivity index (χ2v) is 7.66. The average Bonchev–Trinajstić information content (AvgIpc) is 2.60. The lowest BCUT2D eigenvalue weighted by Gasteiger charge is -2.18. The first-order valence-corrected chi connectivity index (χ1v) is 9.76. The quantitative estimate of drug-likeness (QED) is 0.563. The molecule has 138 valence electrons. The maximum atomic E-state index is 12.8. The summed E-state index contributed by atoms with van der Waals surface area (Å²) in [5.41, 5.74) is 3.87. The van der Waals surface area contributed by atoms with Gasteiger partial charge < -0.3 is 0 Å². The van der Waals surface area contributed by atoms with Crippen LogP contribution in [-0.4, -0.2) is 44.2 Å².